The highest BCUT2D eigenvalue weighted by molar-refractivity contribution is 7.89. The van der Waals surface area contributed by atoms with Crippen molar-refractivity contribution in [2.24, 2.45) is 0 Å². The largest absolute Gasteiger partial charge is 0.416 e. The van der Waals surface area contributed by atoms with E-state index in [4.69, 9.17) is 11.6 Å². The van der Waals surface area contributed by atoms with Gasteiger partial charge in [-0.3, -0.25) is 0 Å². The Hall–Kier alpha value is -1.78. The minimum absolute atomic E-state index is 0.143. The van der Waals surface area contributed by atoms with Crippen molar-refractivity contribution < 1.29 is 34.8 Å². The number of sulfonamides is 1. The summed E-state index contributed by atoms with van der Waals surface area (Å²) in [5.41, 5.74) is -3.13. The maximum absolute atomic E-state index is 12.8. The molecule has 0 saturated carbocycles. The summed E-state index contributed by atoms with van der Waals surface area (Å²) in [5, 5.41) is 0.190. The van der Waals surface area contributed by atoms with Gasteiger partial charge in [-0.1, -0.05) is 29.8 Å². The maximum Gasteiger partial charge on any atom is 0.416 e. The molecule has 0 amide bonds. The van der Waals surface area contributed by atoms with E-state index in [0.29, 0.717) is 5.56 Å². The van der Waals surface area contributed by atoms with Crippen LogP contribution in [0.15, 0.2) is 47.4 Å². The Kier molecular flexibility index (Phi) is 5.60. The molecule has 11 heteroatoms. The van der Waals surface area contributed by atoms with E-state index in [2.05, 4.69) is 0 Å². The van der Waals surface area contributed by atoms with Crippen LogP contribution < -0.4 is 4.72 Å². The Bertz CT molecular complexity index is 877. The molecule has 2 aromatic rings. The number of hydrogen-bond donors (Lipinski definition) is 1. The normalized spacial score (nSPS) is 13.0. The molecule has 0 atom stereocenters. The van der Waals surface area contributed by atoms with E-state index in [9.17, 15) is 34.8 Å². The van der Waals surface area contributed by atoms with Crippen molar-refractivity contribution >= 4 is 21.6 Å². The third-order valence-corrected chi connectivity index (χ3v) is 5.03. The van der Waals surface area contributed by atoms with Crippen LogP contribution in [0.4, 0.5) is 26.3 Å². The molecular weight excluding hydrogens is 408 g/mol. The molecule has 0 aromatic heterocycles. The first-order valence-electron chi connectivity index (χ1n) is 6.83. The molecule has 2 rings (SSSR count). The minimum atomic E-state index is -5.14. The van der Waals surface area contributed by atoms with Crippen molar-refractivity contribution in [3.05, 3.63) is 64.2 Å². The highest BCUT2D eigenvalue weighted by Gasteiger charge is 2.38. The topological polar surface area (TPSA) is 46.2 Å². The predicted octanol–water partition coefficient (Wildman–Crippen LogP) is 4.86. The fourth-order valence-electron chi connectivity index (χ4n) is 1.98. The Balaban J connectivity index is 2.43. The second kappa shape index (κ2) is 7.09. The lowest BCUT2D eigenvalue weighted by molar-refractivity contribution is -0.143. The molecule has 0 heterocycles. The molecule has 0 saturated heterocycles. The van der Waals surface area contributed by atoms with Gasteiger partial charge >= 0.3 is 12.4 Å². The zero-order valence-electron chi connectivity index (χ0n) is 12.6. The van der Waals surface area contributed by atoms with Crippen LogP contribution in [-0.4, -0.2) is 8.42 Å². The highest BCUT2D eigenvalue weighted by Crippen LogP contribution is 2.37. The second-order valence-electron chi connectivity index (χ2n) is 5.16. The first kappa shape index (κ1) is 20.5. The van der Waals surface area contributed by atoms with Gasteiger partial charge in [0.1, 0.15) is 0 Å². The minimum Gasteiger partial charge on any atom is -0.207 e. The summed E-state index contributed by atoms with van der Waals surface area (Å²) in [5.74, 6) is 0. The summed E-state index contributed by atoms with van der Waals surface area (Å²) in [6, 6.07) is 6.17. The molecule has 0 fully saturated rings. The van der Waals surface area contributed by atoms with Gasteiger partial charge in [0.25, 0.3) is 0 Å². The lowest BCUT2D eigenvalue weighted by atomic mass is 10.1. The first-order valence-corrected chi connectivity index (χ1v) is 8.69. The Morgan fingerprint density at radius 2 is 1.38 bits per heavy atom. The van der Waals surface area contributed by atoms with Crippen LogP contribution in [0, 0.1) is 0 Å². The van der Waals surface area contributed by atoms with Gasteiger partial charge in [0.2, 0.25) is 10.0 Å². The number of rotatable bonds is 4. The first-order chi connectivity index (χ1) is 11.8. The quantitative estimate of drug-likeness (QED) is 0.722. The van der Waals surface area contributed by atoms with E-state index in [-0.39, 0.29) is 23.2 Å². The van der Waals surface area contributed by atoms with Crippen molar-refractivity contribution in [2.45, 2.75) is 23.8 Å². The fourth-order valence-corrected chi connectivity index (χ4v) is 3.26. The fraction of sp³-hybridized carbons (Fsp3) is 0.200. The van der Waals surface area contributed by atoms with Crippen molar-refractivity contribution in [1.82, 2.24) is 4.72 Å². The van der Waals surface area contributed by atoms with Gasteiger partial charge in [-0.15, -0.1) is 0 Å². The average molecular weight is 418 g/mol. The molecule has 0 unspecified atom stereocenters. The smallest absolute Gasteiger partial charge is 0.207 e. The van der Waals surface area contributed by atoms with Gasteiger partial charge < -0.3 is 0 Å². The van der Waals surface area contributed by atoms with Crippen LogP contribution in [0.3, 0.4) is 0 Å². The Morgan fingerprint density at radius 1 is 0.885 bits per heavy atom. The molecule has 0 aliphatic heterocycles. The van der Waals surface area contributed by atoms with E-state index in [1.165, 1.54) is 12.1 Å². The van der Waals surface area contributed by atoms with Crippen LogP contribution in [0.5, 0.6) is 0 Å². The second-order valence-corrected chi connectivity index (χ2v) is 7.33. The number of nitrogens with one attached hydrogen (secondary N) is 1. The zero-order chi connectivity index (χ0) is 19.8. The van der Waals surface area contributed by atoms with Crippen LogP contribution in [0.25, 0.3) is 0 Å². The lowest BCUT2D eigenvalue weighted by Crippen LogP contribution is -2.24. The van der Waals surface area contributed by atoms with Gasteiger partial charge in [0.15, 0.2) is 0 Å². The highest BCUT2D eigenvalue weighted by atomic mass is 35.5. The van der Waals surface area contributed by atoms with Crippen LogP contribution in [0.2, 0.25) is 5.02 Å². The Labute approximate surface area is 149 Å². The molecule has 0 spiro atoms. The van der Waals surface area contributed by atoms with Crippen LogP contribution in [0.1, 0.15) is 16.7 Å². The summed E-state index contributed by atoms with van der Waals surface area (Å²) in [7, 11) is -4.65. The van der Waals surface area contributed by atoms with Gasteiger partial charge in [-0.2, -0.15) is 26.3 Å². The maximum atomic E-state index is 12.8. The monoisotopic (exact) mass is 417 g/mol. The summed E-state index contributed by atoms with van der Waals surface area (Å²) in [6.07, 6.45) is -10.3. The standard InChI is InChI=1S/C15H10ClF6NO2S/c16-13-4-2-1-3-9(13)8-23-26(24,25)12-6-10(14(17,18)19)5-11(7-12)15(20,21)22/h1-7,23H,8H2. The van der Waals surface area contributed by atoms with Gasteiger partial charge in [0.05, 0.1) is 16.0 Å². The number of halogens is 7. The molecule has 1 N–H and O–H groups in total. The number of hydrogen-bond acceptors (Lipinski definition) is 2. The molecule has 0 radical (unpaired) electrons. The zero-order valence-corrected chi connectivity index (χ0v) is 14.2. The molecule has 142 valence electrons. The molecule has 3 nitrogen and oxygen atoms in total. The van der Waals surface area contributed by atoms with Crippen molar-refractivity contribution in [1.29, 1.82) is 0 Å². The number of alkyl halides is 6. The van der Waals surface area contributed by atoms with Crippen molar-refractivity contribution in [3.63, 3.8) is 0 Å². The van der Waals surface area contributed by atoms with Crippen LogP contribution in [-0.2, 0) is 28.9 Å². The lowest BCUT2D eigenvalue weighted by Gasteiger charge is -2.15. The number of benzene rings is 2. The van der Waals surface area contributed by atoms with Gasteiger partial charge in [0, 0.05) is 11.6 Å². The average Bonchev–Trinajstić information content (AvgIpc) is 2.52. The molecule has 0 aliphatic rings. The SMILES string of the molecule is O=S(=O)(NCc1ccccc1Cl)c1cc(C(F)(F)F)cc(C(F)(F)F)c1. The summed E-state index contributed by atoms with van der Waals surface area (Å²) in [6.45, 7) is -0.403. The van der Waals surface area contributed by atoms with E-state index in [1.54, 1.807) is 12.1 Å². The third kappa shape index (κ3) is 4.89. The van der Waals surface area contributed by atoms with E-state index in [0.717, 1.165) is 0 Å². The van der Waals surface area contributed by atoms with Crippen LogP contribution >= 0.6 is 11.6 Å². The molecule has 0 bridgehead atoms. The van der Waals surface area contributed by atoms with Gasteiger partial charge in [-0.05, 0) is 29.8 Å². The summed E-state index contributed by atoms with van der Waals surface area (Å²) < 4.78 is 103. The third-order valence-electron chi connectivity index (χ3n) is 3.28. The molecule has 0 aliphatic carbocycles. The van der Waals surface area contributed by atoms with Crippen molar-refractivity contribution in [2.75, 3.05) is 0 Å². The molecule has 2 aromatic carbocycles. The van der Waals surface area contributed by atoms with E-state index >= 15 is 0 Å². The van der Waals surface area contributed by atoms with E-state index < -0.39 is 44.9 Å². The Morgan fingerprint density at radius 3 is 1.85 bits per heavy atom. The summed E-state index contributed by atoms with van der Waals surface area (Å²) >= 11 is 5.84. The van der Waals surface area contributed by atoms with Crippen molar-refractivity contribution in [3.8, 4) is 0 Å². The van der Waals surface area contributed by atoms with E-state index in [1.807, 2.05) is 4.72 Å². The van der Waals surface area contributed by atoms with Gasteiger partial charge in [-0.25, -0.2) is 13.1 Å². The summed E-state index contributed by atoms with van der Waals surface area (Å²) in [4.78, 5) is -1.15. The molecular formula is C15H10ClF6NO2S. The molecule has 26 heavy (non-hydrogen) atoms. The predicted molar refractivity (Wildman–Crippen MR) is 81.9 cm³/mol.